The first-order valence-corrected chi connectivity index (χ1v) is 7.32. The monoisotopic (exact) mass is 224 g/mol. The van der Waals surface area contributed by atoms with Gasteiger partial charge in [-0.25, -0.2) is 0 Å². The van der Waals surface area contributed by atoms with Crippen LogP contribution in [0.5, 0.6) is 0 Å². The molecule has 0 bridgehead atoms. The van der Waals surface area contributed by atoms with E-state index in [-0.39, 0.29) is 0 Å². The molecule has 1 nitrogen and oxygen atoms in total. The summed E-state index contributed by atoms with van der Waals surface area (Å²) in [6.45, 7) is 3.46. The van der Waals surface area contributed by atoms with Gasteiger partial charge in [-0.1, -0.05) is 32.6 Å². The lowest BCUT2D eigenvalue weighted by Crippen LogP contribution is -2.13. The average Bonchev–Trinajstić information content (AvgIpc) is 3.03. The number of rotatable bonds is 5. The molecule has 94 valence electrons. The minimum atomic E-state index is 0.962. The zero-order valence-corrected chi connectivity index (χ0v) is 11.1. The normalized spacial score (nSPS) is 39.4. The summed E-state index contributed by atoms with van der Waals surface area (Å²) >= 11 is 0. The fourth-order valence-corrected chi connectivity index (χ4v) is 3.77. The number of hydrogen-bond acceptors (Lipinski definition) is 1. The van der Waals surface area contributed by atoms with Crippen molar-refractivity contribution in [3.63, 3.8) is 0 Å². The van der Waals surface area contributed by atoms with Crippen LogP contribution in [0.2, 0.25) is 0 Å². The zero-order valence-electron chi connectivity index (χ0n) is 11.1. The molecule has 0 aliphatic heterocycles. The van der Waals surface area contributed by atoms with Gasteiger partial charge >= 0.3 is 0 Å². The highest BCUT2D eigenvalue weighted by molar-refractivity contribution is 4.93. The maximum Gasteiger partial charge on any atom is 0.0462 e. The maximum absolute atomic E-state index is 5.14. The standard InChI is InChI=1S/C15H28O/c1-12-7-4-3-5-9-14(12)15-11-13(15)8-6-10-16-2/h12-15H,3-11H2,1-2H3/t12-,13-,14-,15?/m0/s1. The molecule has 4 atom stereocenters. The van der Waals surface area contributed by atoms with Crippen molar-refractivity contribution in [2.75, 3.05) is 13.7 Å². The van der Waals surface area contributed by atoms with Crippen molar-refractivity contribution in [2.24, 2.45) is 23.7 Å². The van der Waals surface area contributed by atoms with Crippen molar-refractivity contribution in [3.8, 4) is 0 Å². The Morgan fingerprint density at radius 1 is 1.06 bits per heavy atom. The Morgan fingerprint density at radius 2 is 1.88 bits per heavy atom. The summed E-state index contributed by atoms with van der Waals surface area (Å²) < 4.78 is 5.14. The molecule has 1 heteroatoms. The molecular formula is C15H28O. The molecule has 2 fully saturated rings. The van der Waals surface area contributed by atoms with E-state index < -0.39 is 0 Å². The smallest absolute Gasteiger partial charge is 0.0462 e. The topological polar surface area (TPSA) is 9.23 Å². The summed E-state index contributed by atoms with van der Waals surface area (Å²) in [5.74, 6) is 4.21. The second kappa shape index (κ2) is 6.05. The lowest BCUT2D eigenvalue weighted by atomic mass is 9.84. The molecule has 0 aromatic rings. The van der Waals surface area contributed by atoms with E-state index in [2.05, 4.69) is 6.92 Å². The Morgan fingerprint density at radius 3 is 2.69 bits per heavy atom. The first kappa shape index (κ1) is 12.4. The van der Waals surface area contributed by atoms with Crippen molar-refractivity contribution in [1.29, 1.82) is 0 Å². The number of methoxy groups -OCH3 is 1. The Bertz CT molecular complexity index is 202. The van der Waals surface area contributed by atoms with Crippen LogP contribution in [0.25, 0.3) is 0 Å². The summed E-state index contributed by atoms with van der Waals surface area (Å²) in [6.07, 6.45) is 11.7. The molecule has 1 unspecified atom stereocenters. The van der Waals surface area contributed by atoms with Gasteiger partial charge in [0.15, 0.2) is 0 Å². The van der Waals surface area contributed by atoms with Crippen molar-refractivity contribution >= 4 is 0 Å². The van der Waals surface area contributed by atoms with E-state index in [4.69, 9.17) is 4.74 Å². The van der Waals surface area contributed by atoms with Crippen molar-refractivity contribution in [2.45, 2.75) is 58.3 Å². The van der Waals surface area contributed by atoms with Crippen LogP contribution < -0.4 is 0 Å². The van der Waals surface area contributed by atoms with Crippen molar-refractivity contribution < 1.29 is 4.74 Å². The van der Waals surface area contributed by atoms with E-state index in [0.29, 0.717) is 0 Å². The summed E-state index contributed by atoms with van der Waals surface area (Å²) in [5.41, 5.74) is 0. The van der Waals surface area contributed by atoms with Gasteiger partial charge in [-0.05, 0) is 49.4 Å². The third-order valence-electron chi connectivity index (χ3n) is 4.88. The molecule has 0 aromatic heterocycles. The molecule has 0 aromatic carbocycles. The highest BCUT2D eigenvalue weighted by Crippen LogP contribution is 2.52. The van der Waals surface area contributed by atoms with Gasteiger partial charge in [0.1, 0.15) is 0 Å². The van der Waals surface area contributed by atoms with Gasteiger partial charge in [0.25, 0.3) is 0 Å². The summed E-state index contributed by atoms with van der Waals surface area (Å²) in [7, 11) is 1.82. The van der Waals surface area contributed by atoms with Gasteiger partial charge in [-0.15, -0.1) is 0 Å². The third-order valence-corrected chi connectivity index (χ3v) is 4.88. The van der Waals surface area contributed by atoms with E-state index in [9.17, 15) is 0 Å². The average molecular weight is 224 g/mol. The molecule has 0 amide bonds. The van der Waals surface area contributed by atoms with Crippen LogP contribution in [0.15, 0.2) is 0 Å². The van der Waals surface area contributed by atoms with E-state index in [1.807, 2.05) is 7.11 Å². The van der Waals surface area contributed by atoms with Gasteiger partial charge in [0, 0.05) is 13.7 Å². The first-order chi connectivity index (χ1) is 7.83. The largest absolute Gasteiger partial charge is 0.385 e. The molecule has 2 aliphatic carbocycles. The molecule has 2 saturated carbocycles. The molecular weight excluding hydrogens is 196 g/mol. The summed E-state index contributed by atoms with van der Waals surface area (Å²) in [5, 5.41) is 0. The van der Waals surface area contributed by atoms with Crippen molar-refractivity contribution in [1.82, 2.24) is 0 Å². The molecule has 16 heavy (non-hydrogen) atoms. The Labute approximate surface area is 101 Å². The predicted molar refractivity (Wildman–Crippen MR) is 68.4 cm³/mol. The second-order valence-electron chi connectivity index (χ2n) is 6.07. The summed E-state index contributed by atoms with van der Waals surface area (Å²) in [6, 6.07) is 0. The minimum absolute atomic E-state index is 0.962. The van der Waals surface area contributed by atoms with Gasteiger partial charge in [0.05, 0.1) is 0 Å². The van der Waals surface area contributed by atoms with Gasteiger partial charge in [-0.2, -0.15) is 0 Å². The van der Waals surface area contributed by atoms with E-state index >= 15 is 0 Å². The molecule has 0 radical (unpaired) electrons. The van der Waals surface area contributed by atoms with Crippen LogP contribution in [0.4, 0.5) is 0 Å². The second-order valence-corrected chi connectivity index (χ2v) is 6.07. The van der Waals surface area contributed by atoms with Crippen LogP contribution >= 0.6 is 0 Å². The third kappa shape index (κ3) is 3.23. The van der Waals surface area contributed by atoms with Crippen LogP contribution in [0.1, 0.15) is 58.3 Å². The van der Waals surface area contributed by atoms with Gasteiger partial charge < -0.3 is 4.74 Å². The van der Waals surface area contributed by atoms with E-state index in [1.165, 1.54) is 51.4 Å². The fraction of sp³-hybridized carbons (Fsp3) is 1.00. The molecule has 0 spiro atoms. The SMILES string of the molecule is COCCC[C@H]1CC1[C@H]1CCCCC[C@@H]1C. The highest BCUT2D eigenvalue weighted by atomic mass is 16.5. The summed E-state index contributed by atoms with van der Waals surface area (Å²) in [4.78, 5) is 0. The molecule has 2 aliphatic rings. The Kier molecular flexibility index (Phi) is 4.69. The first-order valence-electron chi connectivity index (χ1n) is 7.32. The van der Waals surface area contributed by atoms with Gasteiger partial charge in [0.2, 0.25) is 0 Å². The van der Waals surface area contributed by atoms with Crippen LogP contribution in [-0.4, -0.2) is 13.7 Å². The number of ether oxygens (including phenoxy) is 1. The fourth-order valence-electron chi connectivity index (χ4n) is 3.77. The van der Waals surface area contributed by atoms with Gasteiger partial charge in [-0.3, -0.25) is 0 Å². The minimum Gasteiger partial charge on any atom is -0.385 e. The zero-order chi connectivity index (χ0) is 11.4. The molecule has 2 rings (SSSR count). The maximum atomic E-state index is 5.14. The van der Waals surface area contributed by atoms with Crippen molar-refractivity contribution in [3.05, 3.63) is 0 Å². The quantitative estimate of drug-likeness (QED) is 0.500. The van der Waals surface area contributed by atoms with Crippen LogP contribution in [0, 0.1) is 23.7 Å². The molecule has 0 saturated heterocycles. The van der Waals surface area contributed by atoms with Crippen LogP contribution in [-0.2, 0) is 4.74 Å². The van der Waals surface area contributed by atoms with E-state index in [0.717, 1.165) is 30.3 Å². The highest BCUT2D eigenvalue weighted by Gasteiger charge is 2.43. The molecule has 0 heterocycles. The van der Waals surface area contributed by atoms with Crippen LogP contribution in [0.3, 0.4) is 0 Å². The predicted octanol–water partition coefficient (Wildman–Crippen LogP) is 4.27. The van der Waals surface area contributed by atoms with E-state index in [1.54, 1.807) is 0 Å². The number of hydrogen-bond donors (Lipinski definition) is 0. The molecule has 0 N–H and O–H groups in total. The Hall–Kier alpha value is -0.0400. The lowest BCUT2D eigenvalue weighted by molar-refractivity contribution is 0.189. The Balaban J connectivity index is 1.72. The lowest BCUT2D eigenvalue weighted by Gasteiger charge is -2.21.